The van der Waals surface area contributed by atoms with Gasteiger partial charge in [-0.3, -0.25) is 0 Å². The van der Waals surface area contributed by atoms with Crippen LogP contribution in [0.4, 0.5) is 0 Å². The maximum absolute atomic E-state index is 9.88. The average molecular weight is 226 g/mol. The standard InChI is InChI=1S/C14H14N2O/c1-9-5-7-10(8-6-9)13-15-12-4-2-3-11(12)14(17)16-13/h5-8H,2-4H2,1H3,(H,15,16,17). The van der Waals surface area contributed by atoms with Gasteiger partial charge < -0.3 is 5.11 Å². The minimum absolute atomic E-state index is 0.156. The van der Waals surface area contributed by atoms with Crippen LogP contribution in [0.2, 0.25) is 0 Å². The van der Waals surface area contributed by atoms with Crippen molar-refractivity contribution in [2.24, 2.45) is 0 Å². The fourth-order valence-electron chi connectivity index (χ4n) is 2.24. The van der Waals surface area contributed by atoms with E-state index in [0.29, 0.717) is 5.82 Å². The number of benzene rings is 1. The Morgan fingerprint density at radius 2 is 1.82 bits per heavy atom. The number of nitrogens with zero attached hydrogens (tertiary/aromatic N) is 2. The van der Waals surface area contributed by atoms with Crippen LogP contribution in [0.1, 0.15) is 23.2 Å². The van der Waals surface area contributed by atoms with E-state index in [1.54, 1.807) is 0 Å². The molecule has 3 nitrogen and oxygen atoms in total. The molecule has 1 aliphatic carbocycles. The predicted octanol–water partition coefficient (Wildman–Crippen LogP) is 2.65. The molecule has 0 unspecified atom stereocenters. The van der Waals surface area contributed by atoms with Crippen molar-refractivity contribution in [1.82, 2.24) is 9.97 Å². The van der Waals surface area contributed by atoms with Crippen molar-refractivity contribution < 1.29 is 5.11 Å². The molecule has 0 radical (unpaired) electrons. The molecule has 86 valence electrons. The number of rotatable bonds is 1. The molecule has 0 bridgehead atoms. The van der Waals surface area contributed by atoms with E-state index in [9.17, 15) is 5.11 Å². The molecule has 1 aromatic carbocycles. The van der Waals surface area contributed by atoms with Gasteiger partial charge in [0.25, 0.3) is 0 Å². The summed E-state index contributed by atoms with van der Waals surface area (Å²) in [6, 6.07) is 8.04. The second-order valence-electron chi connectivity index (χ2n) is 4.52. The highest BCUT2D eigenvalue weighted by Gasteiger charge is 2.19. The first kappa shape index (κ1) is 10.3. The summed E-state index contributed by atoms with van der Waals surface area (Å²) in [5.74, 6) is 0.784. The molecule has 0 saturated carbocycles. The Balaban J connectivity index is 2.10. The number of fused-ring (bicyclic) bond motifs is 1. The van der Waals surface area contributed by atoms with Crippen LogP contribution < -0.4 is 0 Å². The molecule has 0 spiro atoms. The van der Waals surface area contributed by atoms with Gasteiger partial charge in [-0.1, -0.05) is 29.8 Å². The van der Waals surface area contributed by atoms with Crippen LogP contribution >= 0.6 is 0 Å². The summed E-state index contributed by atoms with van der Waals surface area (Å²) in [5, 5.41) is 9.88. The topological polar surface area (TPSA) is 46.0 Å². The molecule has 17 heavy (non-hydrogen) atoms. The van der Waals surface area contributed by atoms with E-state index in [1.807, 2.05) is 31.2 Å². The van der Waals surface area contributed by atoms with Gasteiger partial charge in [0.05, 0.1) is 5.69 Å². The fourth-order valence-corrected chi connectivity index (χ4v) is 2.24. The molecule has 1 aliphatic rings. The van der Waals surface area contributed by atoms with E-state index in [-0.39, 0.29) is 5.88 Å². The minimum atomic E-state index is 0.156. The molecule has 1 aromatic heterocycles. The summed E-state index contributed by atoms with van der Waals surface area (Å²) in [4.78, 5) is 8.73. The third-order valence-electron chi connectivity index (χ3n) is 3.22. The van der Waals surface area contributed by atoms with Crippen molar-refractivity contribution in [3.8, 4) is 17.3 Å². The van der Waals surface area contributed by atoms with Crippen molar-refractivity contribution in [1.29, 1.82) is 0 Å². The maximum atomic E-state index is 9.88. The largest absolute Gasteiger partial charge is 0.493 e. The van der Waals surface area contributed by atoms with E-state index < -0.39 is 0 Å². The normalized spacial score (nSPS) is 13.7. The van der Waals surface area contributed by atoms with Crippen LogP contribution in [-0.4, -0.2) is 15.1 Å². The summed E-state index contributed by atoms with van der Waals surface area (Å²) in [6.45, 7) is 2.05. The smallest absolute Gasteiger partial charge is 0.217 e. The summed E-state index contributed by atoms with van der Waals surface area (Å²) in [7, 11) is 0. The Morgan fingerprint density at radius 3 is 2.59 bits per heavy atom. The first-order chi connectivity index (χ1) is 8.24. The van der Waals surface area contributed by atoms with Gasteiger partial charge in [0.1, 0.15) is 0 Å². The molecule has 0 atom stereocenters. The molecule has 1 heterocycles. The highest BCUT2D eigenvalue weighted by atomic mass is 16.3. The molecule has 2 aromatic rings. The molecular formula is C14H14N2O. The lowest BCUT2D eigenvalue weighted by molar-refractivity contribution is 0.446. The van der Waals surface area contributed by atoms with Gasteiger partial charge in [-0.15, -0.1) is 0 Å². The molecule has 0 saturated heterocycles. The number of aromatic hydroxyl groups is 1. The molecule has 3 rings (SSSR count). The first-order valence-electron chi connectivity index (χ1n) is 5.90. The second-order valence-corrected chi connectivity index (χ2v) is 4.52. The van der Waals surface area contributed by atoms with Crippen molar-refractivity contribution >= 4 is 0 Å². The van der Waals surface area contributed by atoms with E-state index in [4.69, 9.17) is 0 Å². The zero-order valence-electron chi connectivity index (χ0n) is 9.77. The number of hydrogen-bond acceptors (Lipinski definition) is 3. The van der Waals surface area contributed by atoms with Crippen molar-refractivity contribution in [2.45, 2.75) is 26.2 Å². The van der Waals surface area contributed by atoms with E-state index in [1.165, 1.54) is 5.56 Å². The summed E-state index contributed by atoms with van der Waals surface area (Å²) in [6.07, 6.45) is 2.91. The second kappa shape index (κ2) is 3.84. The highest BCUT2D eigenvalue weighted by molar-refractivity contribution is 5.57. The predicted molar refractivity (Wildman–Crippen MR) is 65.9 cm³/mol. The van der Waals surface area contributed by atoms with Gasteiger partial charge in [-0.05, 0) is 26.2 Å². The first-order valence-corrected chi connectivity index (χ1v) is 5.90. The Kier molecular flexibility index (Phi) is 2.32. The number of aromatic nitrogens is 2. The van der Waals surface area contributed by atoms with Crippen molar-refractivity contribution in [3.05, 3.63) is 41.1 Å². The summed E-state index contributed by atoms with van der Waals surface area (Å²) >= 11 is 0. The Bertz CT molecular complexity index is 561. The molecule has 0 fully saturated rings. The highest BCUT2D eigenvalue weighted by Crippen LogP contribution is 2.29. The molecule has 1 N–H and O–H groups in total. The Morgan fingerprint density at radius 1 is 1.06 bits per heavy atom. The van der Waals surface area contributed by atoms with E-state index in [2.05, 4.69) is 9.97 Å². The van der Waals surface area contributed by atoms with E-state index >= 15 is 0 Å². The SMILES string of the molecule is Cc1ccc(-c2nc(O)c3c(n2)CCC3)cc1. The fraction of sp³-hybridized carbons (Fsp3) is 0.286. The monoisotopic (exact) mass is 226 g/mol. The number of hydrogen-bond donors (Lipinski definition) is 1. The van der Waals surface area contributed by atoms with Gasteiger partial charge in [0, 0.05) is 11.1 Å². The van der Waals surface area contributed by atoms with E-state index in [0.717, 1.165) is 36.1 Å². The minimum Gasteiger partial charge on any atom is -0.493 e. The van der Waals surface area contributed by atoms with Crippen LogP contribution in [0.3, 0.4) is 0 Å². The lowest BCUT2D eigenvalue weighted by Crippen LogP contribution is -1.96. The summed E-state index contributed by atoms with van der Waals surface area (Å²) < 4.78 is 0. The van der Waals surface area contributed by atoms with Crippen LogP contribution in [0, 0.1) is 6.92 Å². The Labute approximate surface area is 100 Å². The van der Waals surface area contributed by atoms with Crippen LogP contribution in [0.5, 0.6) is 5.88 Å². The maximum Gasteiger partial charge on any atom is 0.217 e. The van der Waals surface area contributed by atoms with Gasteiger partial charge in [-0.25, -0.2) is 4.98 Å². The van der Waals surface area contributed by atoms with Crippen molar-refractivity contribution in [3.63, 3.8) is 0 Å². The molecule has 0 amide bonds. The number of aryl methyl sites for hydroxylation is 2. The molecule has 0 aliphatic heterocycles. The quantitative estimate of drug-likeness (QED) is 0.813. The lowest BCUT2D eigenvalue weighted by atomic mass is 10.1. The molecular weight excluding hydrogens is 212 g/mol. The van der Waals surface area contributed by atoms with Gasteiger partial charge in [0.2, 0.25) is 5.88 Å². The zero-order valence-corrected chi connectivity index (χ0v) is 9.77. The van der Waals surface area contributed by atoms with Crippen LogP contribution in [0.15, 0.2) is 24.3 Å². The van der Waals surface area contributed by atoms with Gasteiger partial charge in [0.15, 0.2) is 5.82 Å². The van der Waals surface area contributed by atoms with Crippen molar-refractivity contribution in [2.75, 3.05) is 0 Å². The molecule has 3 heteroatoms. The average Bonchev–Trinajstić information content (AvgIpc) is 2.78. The summed E-state index contributed by atoms with van der Waals surface area (Å²) in [5.41, 5.74) is 4.11. The van der Waals surface area contributed by atoms with Crippen LogP contribution in [0.25, 0.3) is 11.4 Å². The zero-order chi connectivity index (χ0) is 11.8. The Hall–Kier alpha value is -1.90. The third kappa shape index (κ3) is 1.78. The van der Waals surface area contributed by atoms with Gasteiger partial charge >= 0.3 is 0 Å². The third-order valence-corrected chi connectivity index (χ3v) is 3.22. The van der Waals surface area contributed by atoms with Crippen LogP contribution in [-0.2, 0) is 12.8 Å². The lowest BCUT2D eigenvalue weighted by Gasteiger charge is -2.05. The van der Waals surface area contributed by atoms with Gasteiger partial charge in [-0.2, -0.15) is 4.98 Å².